The fourth-order valence-electron chi connectivity index (χ4n) is 1.94. The molecule has 20 heavy (non-hydrogen) atoms. The van der Waals surface area contributed by atoms with Gasteiger partial charge in [-0.15, -0.1) is 0 Å². The fourth-order valence-corrected chi connectivity index (χ4v) is 2.78. The maximum absolute atomic E-state index is 11.4. The van der Waals surface area contributed by atoms with Crippen molar-refractivity contribution < 1.29 is 22.7 Å². The van der Waals surface area contributed by atoms with Crippen molar-refractivity contribution in [2.75, 3.05) is 13.2 Å². The summed E-state index contributed by atoms with van der Waals surface area (Å²) in [5, 5.41) is 7.65. The van der Waals surface area contributed by atoms with Crippen LogP contribution < -0.4 is 15.2 Å². The topological polar surface area (TPSA) is 108 Å². The highest BCUT2D eigenvalue weighted by Gasteiger charge is 2.23. The molecule has 0 radical (unpaired) electrons. The molecule has 2 rings (SSSR count). The minimum Gasteiger partial charge on any atom is -0.489 e. The van der Waals surface area contributed by atoms with Gasteiger partial charge in [0.15, 0.2) is 6.10 Å². The Bertz CT molecular complexity index is 641. The summed E-state index contributed by atoms with van der Waals surface area (Å²) in [4.78, 5) is 11.0. The van der Waals surface area contributed by atoms with Crippen molar-refractivity contribution in [2.45, 2.75) is 24.8 Å². The molecule has 110 valence electrons. The van der Waals surface area contributed by atoms with Crippen molar-refractivity contribution in [2.24, 2.45) is 5.14 Å². The zero-order valence-corrected chi connectivity index (χ0v) is 12.0. The second kappa shape index (κ2) is 5.29. The molecule has 1 unspecified atom stereocenters. The number of ether oxygens (including phenoxy) is 2. The smallest absolute Gasteiger partial charge is 0.407 e. The summed E-state index contributed by atoms with van der Waals surface area (Å²) in [6.45, 7) is 4.01. The lowest BCUT2D eigenvalue weighted by Gasteiger charge is -2.15. The molecule has 8 heteroatoms. The Hall–Kier alpha value is -1.80. The fraction of sp³-hybridized carbons (Fsp3) is 0.417. The van der Waals surface area contributed by atoms with Gasteiger partial charge in [0, 0.05) is 0 Å². The molecule has 1 aliphatic rings. The van der Waals surface area contributed by atoms with Crippen LogP contribution in [0.1, 0.15) is 11.1 Å². The molecule has 0 bridgehead atoms. The van der Waals surface area contributed by atoms with E-state index in [9.17, 15) is 13.2 Å². The average molecular weight is 300 g/mol. The van der Waals surface area contributed by atoms with E-state index in [-0.39, 0.29) is 17.6 Å². The van der Waals surface area contributed by atoms with Crippen LogP contribution in [-0.4, -0.2) is 33.8 Å². The van der Waals surface area contributed by atoms with E-state index in [1.807, 2.05) is 0 Å². The number of primary sulfonamides is 1. The maximum atomic E-state index is 11.4. The molecule has 0 aliphatic carbocycles. The van der Waals surface area contributed by atoms with Crippen LogP contribution >= 0.6 is 0 Å². The first-order valence-electron chi connectivity index (χ1n) is 5.99. The number of amides is 1. The van der Waals surface area contributed by atoms with E-state index in [1.54, 1.807) is 19.9 Å². The number of nitrogens with two attached hydrogens (primary N) is 1. The molecule has 1 aromatic carbocycles. The van der Waals surface area contributed by atoms with Gasteiger partial charge in [0.1, 0.15) is 12.4 Å². The van der Waals surface area contributed by atoms with Crippen molar-refractivity contribution in [1.82, 2.24) is 5.32 Å². The zero-order valence-electron chi connectivity index (χ0n) is 11.2. The quantitative estimate of drug-likeness (QED) is 0.838. The molecule has 1 fully saturated rings. The van der Waals surface area contributed by atoms with Crippen LogP contribution in [-0.2, 0) is 14.8 Å². The molecule has 0 aromatic heterocycles. The van der Waals surface area contributed by atoms with E-state index in [0.29, 0.717) is 23.4 Å². The van der Waals surface area contributed by atoms with Gasteiger partial charge in [-0.1, -0.05) is 0 Å². The number of cyclic esters (lactones) is 1. The molecule has 3 N–H and O–H groups in total. The van der Waals surface area contributed by atoms with Gasteiger partial charge in [-0.05, 0) is 37.1 Å². The molecule has 1 heterocycles. The Morgan fingerprint density at radius 1 is 1.40 bits per heavy atom. The maximum Gasteiger partial charge on any atom is 0.407 e. The van der Waals surface area contributed by atoms with Crippen LogP contribution in [0.2, 0.25) is 0 Å². The second-order valence-corrected chi connectivity index (χ2v) is 6.11. The van der Waals surface area contributed by atoms with Crippen molar-refractivity contribution in [3.8, 4) is 5.75 Å². The summed E-state index contributed by atoms with van der Waals surface area (Å²) in [6.07, 6.45) is -0.809. The Labute approximate surface area is 117 Å². The van der Waals surface area contributed by atoms with Gasteiger partial charge in [-0.3, -0.25) is 0 Å². The highest BCUT2D eigenvalue weighted by molar-refractivity contribution is 7.89. The van der Waals surface area contributed by atoms with E-state index in [2.05, 4.69) is 5.32 Å². The summed E-state index contributed by atoms with van der Waals surface area (Å²) in [7, 11) is -3.75. The number of hydrogen-bond donors (Lipinski definition) is 2. The van der Waals surface area contributed by atoms with Crippen LogP contribution in [0.15, 0.2) is 17.0 Å². The van der Waals surface area contributed by atoms with Crippen LogP contribution in [0.3, 0.4) is 0 Å². The molecule has 1 saturated heterocycles. The van der Waals surface area contributed by atoms with Crippen molar-refractivity contribution in [3.63, 3.8) is 0 Å². The number of carbonyl (C=O) groups is 1. The Morgan fingerprint density at radius 2 is 2.10 bits per heavy atom. The molecule has 1 aromatic rings. The van der Waals surface area contributed by atoms with Gasteiger partial charge >= 0.3 is 6.09 Å². The first kappa shape index (κ1) is 14.6. The number of sulfonamides is 1. The van der Waals surface area contributed by atoms with Crippen LogP contribution in [0.5, 0.6) is 5.75 Å². The zero-order chi connectivity index (χ0) is 14.9. The SMILES string of the molecule is Cc1c(OCC2CNC(=O)O2)ccc(S(N)(=O)=O)c1C. The highest BCUT2D eigenvalue weighted by atomic mass is 32.2. The first-order valence-corrected chi connectivity index (χ1v) is 7.54. The van der Waals surface area contributed by atoms with Crippen molar-refractivity contribution >= 4 is 16.1 Å². The highest BCUT2D eigenvalue weighted by Crippen LogP contribution is 2.26. The predicted molar refractivity (Wildman–Crippen MR) is 71.1 cm³/mol. The molecule has 0 spiro atoms. The Kier molecular flexibility index (Phi) is 3.87. The second-order valence-electron chi connectivity index (χ2n) is 4.58. The number of rotatable bonds is 4. The molecule has 0 saturated carbocycles. The summed E-state index contributed by atoms with van der Waals surface area (Å²) in [5.74, 6) is 0.540. The van der Waals surface area contributed by atoms with Crippen molar-refractivity contribution in [3.05, 3.63) is 23.3 Å². The number of alkyl carbamates (subject to hydrolysis) is 1. The summed E-state index contributed by atoms with van der Waals surface area (Å²) in [6, 6.07) is 2.96. The van der Waals surface area contributed by atoms with E-state index in [1.165, 1.54) is 6.07 Å². The molecule has 1 aliphatic heterocycles. The lowest BCUT2D eigenvalue weighted by atomic mass is 10.1. The van der Waals surface area contributed by atoms with E-state index < -0.39 is 16.1 Å². The number of nitrogens with one attached hydrogen (secondary N) is 1. The average Bonchev–Trinajstić information content (AvgIpc) is 2.75. The largest absolute Gasteiger partial charge is 0.489 e. The van der Waals surface area contributed by atoms with Crippen molar-refractivity contribution in [1.29, 1.82) is 0 Å². The molecular formula is C12H16N2O5S. The van der Waals surface area contributed by atoms with Gasteiger partial charge < -0.3 is 14.8 Å². The minimum absolute atomic E-state index is 0.0799. The van der Waals surface area contributed by atoms with Gasteiger partial charge in [-0.25, -0.2) is 18.4 Å². The monoisotopic (exact) mass is 300 g/mol. The lowest BCUT2D eigenvalue weighted by molar-refractivity contribution is 0.104. The van der Waals surface area contributed by atoms with E-state index in [4.69, 9.17) is 14.6 Å². The molecule has 1 amide bonds. The number of carbonyl (C=O) groups excluding carboxylic acids is 1. The number of hydrogen-bond acceptors (Lipinski definition) is 5. The van der Waals surface area contributed by atoms with Crippen LogP contribution in [0.4, 0.5) is 4.79 Å². The molecule has 7 nitrogen and oxygen atoms in total. The summed E-state index contributed by atoms with van der Waals surface area (Å²) < 4.78 is 33.3. The van der Waals surface area contributed by atoms with Gasteiger partial charge in [0.05, 0.1) is 11.4 Å². The van der Waals surface area contributed by atoms with Gasteiger partial charge in [-0.2, -0.15) is 0 Å². The standard InChI is InChI=1S/C12H16N2O5S/c1-7-8(2)11(20(13,16)17)4-3-10(7)18-6-9-5-14-12(15)19-9/h3-4,9H,5-6H2,1-2H3,(H,14,15)(H2,13,16,17). The Morgan fingerprint density at radius 3 is 2.65 bits per heavy atom. The van der Waals surface area contributed by atoms with E-state index >= 15 is 0 Å². The first-order chi connectivity index (χ1) is 9.29. The van der Waals surface area contributed by atoms with Gasteiger partial charge in [0.25, 0.3) is 0 Å². The minimum atomic E-state index is -3.75. The Balaban J connectivity index is 2.14. The third-order valence-electron chi connectivity index (χ3n) is 3.17. The van der Waals surface area contributed by atoms with Crippen LogP contribution in [0.25, 0.3) is 0 Å². The summed E-state index contributed by atoms with van der Waals surface area (Å²) >= 11 is 0. The van der Waals surface area contributed by atoms with E-state index in [0.717, 1.165) is 0 Å². The third-order valence-corrected chi connectivity index (χ3v) is 4.22. The third kappa shape index (κ3) is 3.02. The molecular weight excluding hydrogens is 284 g/mol. The normalized spacial score (nSPS) is 18.6. The molecule has 1 atom stereocenters. The lowest BCUT2D eigenvalue weighted by Crippen LogP contribution is -2.22. The van der Waals surface area contributed by atoms with Crippen LogP contribution in [0, 0.1) is 13.8 Å². The number of benzene rings is 1. The predicted octanol–water partition coefficient (Wildman–Crippen LogP) is 0.438. The van der Waals surface area contributed by atoms with Gasteiger partial charge in [0.2, 0.25) is 10.0 Å². The summed E-state index contributed by atoms with van der Waals surface area (Å²) in [5.41, 5.74) is 1.24.